The summed E-state index contributed by atoms with van der Waals surface area (Å²) < 4.78 is 0. The summed E-state index contributed by atoms with van der Waals surface area (Å²) in [5.74, 6) is 0.700. The summed E-state index contributed by atoms with van der Waals surface area (Å²) in [5.41, 5.74) is 3.00. The van der Waals surface area contributed by atoms with Gasteiger partial charge in [0.25, 0.3) is 0 Å². The van der Waals surface area contributed by atoms with Crippen LogP contribution in [0.15, 0.2) is 61.2 Å². The zero-order valence-corrected chi connectivity index (χ0v) is 10.8. The zero-order chi connectivity index (χ0) is 12.8. The number of hydrogen-bond acceptors (Lipinski definition) is 2. The first-order valence-corrected chi connectivity index (χ1v) is 6.72. The van der Waals surface area contributed by atoms with E-state index in [1.807, 2.05) is 60.7 Å². The Balaban J connectivity index is 1.95. The summed E-state index contributed by atoms with van der Waals surface area (Å²) in [7, 11) is 0. The fraction of sp³-hybridized carbons (Fsp3) is 0.0625. The van der Waals surface area contributed by atoms with Crippen molar-refractivity contribution in [2.75, 3.05) is 0 Å². The quantitative estimate of drug-likeness (QED) is 0.804. The van der Waals surface area contributed by atoms with Crippen LogP contribution < -0.4 is 0 Å². The van der Waals surface area contributed by atoms with Crippen molar-refractivity contribution in [1.29, 1.82) is 0 Å². The minimum Gasteiger partial charge on any atom is -0.282 e. The SMILES string of the molecule is C=Cc1ccc(CSC(=O)c2ccccc2)cc1. The number of rotatable bonds is 4. The van der Waals surface area contributed by atoms with Crippen molar-refractivity contribution in [3.63, 3.8) is 0 Å². The fourth-order valence-electron chi connectivity index (χ4n) is 1.56. The molecule has 2 aromatic carbocycles. The predicted octanol–water partition coefficient (Wildman–Crippen LogP) is 4.40. The molecule has 0 aromatic heterocycles. The Kier molecular flexibility index (Phi) is 4.37. The molecule has 0 amide bonds. The van der Waals surface area contributed by atoms with Crippen LogP contribution in [0.3, 0.4) is 0 Å². The van der Waals surface area contributed by atoms with E-state index in [2.05, 4.69) is 6.58 Å². The molecule has 2 heteroatoms. The van der Waals surface area contributed by atoms with Crippen LogP contribution in [-0.4, -0.2) is 5.12 Å². The summed E-state index contributed by atoms with van der Waals surface area (Å²) >= 11 is 1.33. The molecule has 0 unspecified atom stereocenters. The second-order valence-corrected chi connectivity index (χ2v) is 4.84. The molecule has 2 aromatic rings. The van der Waals surface area contributed by atoms with Crippen LogP contribution in [-0.2, 0) is 5.75 Å². The predicted molar refractivity (Wildman–Crippen MR) is 78.6 cm³/mol. The lowest BCUT2D eigenvalue weighted by Gasteiger charge is -2.02. The van der Waals surface area contributed by atoms with Gasteiger partial charge < -0.3 is 0 Å². The average molecular weight is 254 g/mol. The largest absolute Gasteiger partial charge is 0.282 e. The molecule has 2 rings (SSSR count). The van der Waals surface area contributed by atoms with Crippen molar-refractivity contribution in [3.05, 3.63) is 77.9 Å². The molecule has 0 N–H and O–H groups in total. The third-order valence-corrected chi connectivity index (χ3v) is 3.57. The number of benzene rings is 2. The molecule has 18 heavy (non-hydrogen) atoms. The maximum Gasteiger partial charge on any atom is 0.219 e. The van der Waals surface area contributed by atoms with E-state index in [0.717, 1.165) is 16.7 Å². The molecule has 0 heterocycles. The van der Waals surface area contributed by atoms with E-state index in [0.29, 0.717) is 5.75 Å². The molecule has 0 saturated carbocycles. The second-order valence-electron chi connectivity index (χ2n) is 3.89. The highest BCUT2D eigenvalue weighted by atomic mass is 32.2. The lowest BCUT2D eigenvalue weighted by molar-refractivity contribution is 0.108. The van der Waals surface area contributed by atoms with Crippen LogP contribution in [0.25, 0.3) is 6.08 Å². The monoisotopic (exact) mass is 254 g/mol. The first-order chi connectivity index (χ1) is 8.79. The van der Waals surface area contributed by atoms with Gasteiger partial charge in [0.15, 0.2) is 0 Å². The van der Waals surface area contributed by atoms with Gasteiger partial charge in [-0.3, -0.25) is 4.79 Å². The lowest BCUT2D eigenvalue weighted by atomic mass is 10.1. The van der Waals surface area contributed by atoms with E-state index in [1.165, 1.54) is 11.8 Å². The van der Waals surface area contributed by atoms with Crippen molar-refractivity contribution in [2.24, 2.45) is 0 Å². The van der Waals surface area contributed by atoms with Crippen LogP contribution in [0.2, 0.25) is 0 Å². The van der Waals surface area contributed by atoms with Gasteiger partial charge in [-0.1, -0.05) is 79.0 Å². The van der Waals surface area contributed by atoms with Gasteiger partial charge in [-0.15, -0.1) is 0 Å². The Morgan fingerprint density at radius 1 is 1.06 bits per heavy atom. The molecule has 0 aliphatic carbocycles. The van der Waals surface area contributed by atoms with Crippen LogP contribution in [0.5, 0.6) is 0 Å². The van der Waals surface area contributed by atoms with Crippen molar-refractivity contribution in [3.8, 4) is 0 Å². The Labute approximate surface area is 112 Å². The first-order valence-electron chi connectivity index (χ1n) is 5.73. The number of thioether (sulfide) groups is 1. The van der Waals surface area contributed by atoms with Gasteiger partial charge in [-0.05, 0) is 11.1 Å². The molecule has 0 aliphatic rings. The van der Waals surface area contributed by atoms with Crippen molar-refractivity contribution in [1.82, 2.24) is 0 Å². The Hall–Kier alpha value is -1.80. The van der Waals surface area contributed by atoms with E-state index < -0.39 is 0 Å². The van der Waals surface area contributed by atoms with Gasteiger partial charge in [-0.25, -0.2) is 0 Å². The molecular formula is C16H14OS. The number of carbonyl (C=O) groups is 1. The summed E-state index contributed by atoms with van der Waals surface area (Å²) in [4.78, 5) is 11.9. The van der Waals surface area contributed by atoms with E-state index in [-0.39, 0.29) is 5.12 Å². The summed E-state index contributed by atoms with van der Waals surface area (Å²) in [6.45, 7) is 3.72. The van der Waals surface area contributed by atoms with Crippen molar-refractivity contribution < 1.29 is 4.79 Å². The molecule has 90 valence electrons. The van der Waals surface area contributed by atoms with Crippen LogP contribution >= 0.6 is 11.8 Å². The minimum absolute atomic E-state index is 0.114. The normalized spacial score (nSPS) is 10.0. The Morgan fingerprint density at radius 2 is 1.72 bits per heavy atom. The third-order valence-electron chi connectivity index (χ3n) is 2.59. The van der Waals surface area contributed by atoms with Gasteiger partial charge in [0.2, 0.25) is 5.12 Å². The Bertz CT molecular complexity index is 529. The van der Waals surface area contributed by atoms with Gasteiger partial charge in [0, 0.05) is 11.3 Å². The highest BCUT2D eigenvalue weighted by molar-refractivity contribution is 8.13. The summed E-state index contributed by atoms with van der Waals surface area (Å²) in [5, 5.41) is 0.114. The van der Waals surface area contributed by atoms with Crippen LogP contribution in [0, 0.1) is 0 Å². The van der Waals surface area contributed by atoms with E-state index in [9.17, 15) is 4.79 Å². The lowest BCUT2D eigenvalue weighted by Crippen LogP contribution is -1.93. The molecular weight excluding hydrogens is 240 g/mol. The average Bonchev–Trinajstić information content (AvgIpc) is 2.46. The second kappa shape index (κ2) is 6.22. The van der Waals surface area contributed by atoms with Crippen molar-refractivity contribution >= 4 is 23.0 Å². The molecule has 0 atom stereocenters. The molecule has 0 saturated heterocycles. The number of hydrogen-bond donors (Lipinski definition) is 0. The highest BCUT2D eigenvalue weighted by Crippen LogP contribution is 2.18. The molecule has 1 nitrogen and oxygen atoms in total. The van der Waals surface area contributed by atoms with Crippen molar-refractivity contribution in [2.45, 2.75) is 5.75 Å². The van der Waals surface area contributed by atoms with Gasteiger partial charge in [-0.2, -0.15) is 0 Å². The van der Waals surface area contributed by atoms with Gasteiger partial charge >= 0.3 is 0 Å². The van der Waals surface area contributed by atoms with E-state index in [1.54, 1.807) is 0 Å². The maximum absolute atomic E-state index is 11.9. The summed E-state index contributed by atoms with van der Waals surface area (Å²) in [6.07, 6.45) is 1.81. The van der Waals surface area contributed by atoms with Gasteiger partial charge in [0.05, 0.1) is 0 Å². The summed E-state index contributed by atoms with van der Waals surface area (Å²) in [6, 6.07) is 17.4. The molecule has 0 bridgehead atoms. The third kappa shape index (κ3) is 3.34. The molecule has 0 radical (unpaired) electrons. The molecule has 0 fully saturated rings. The number of carbonyl (C=O) groups excluding carboxylic acids is 1. The fourth-order valence-corrected chi connectivity index (χ4v) is 2.35. The molecule has 0 spiro atoms. The maximum atomic E-state index is 11.9. The van der Waals surface area contributed by atoms with Crippen LogP contribution in [0.4, 0.5) is 0 Å². The standard InChI is InChI=1S/C16H14OS/c1-2-13-8-10-14(11-9-13)12-18-16(17)15-6-4-3-5-7-15/h2-11H,1,12H2. The van der Waals surface area contributed by atoms with Gasteiger partial charge in [0.1, 0.15) is 0 Å². The zero-order valence-electron chi connectivity index (χ0n) is 10.0. The highest BCUT2D eigenvalue weighted by Gasteiger charge is 2.05. The van der Waals surface area contributed by atoms with E-state index >= 15 is 0 Å². The minimum atomic E-state index is 0.114. The first kappa shape index (κ1) is 12.7. The Morgan fingerprint density at radius 3 is 2.33 bits per heavy atom. The molecule has 0 aliphatic heterocycles. The smallest absolute Gasteiger partial charge is 0.219 e. The topological polar surface area (TPSA) is 17.1 Å². The van der Waals surface area contributed by atoms with E-state index in [4.69, 9.17) is 0 Å². The van der Waals surface area contributed by atoms with Crippen LogP contribution in [0.1, 0.15) is 21.5 Å².